The predicted octanol–water partition coefficient (Wildman–Crippen LogP) is 3.10. The van der Waals surface area contributed by atoms with E-state index in [1.54, 1.807) is 4.57 Å². The number of ether oxygens (including phenoxy) is 1. The third kappa shape index (κ3) is 6.14. The van der Waals surface area contributed by atoms with Crippen molar-refractivity contribution in [2.24, 2.45) is 0 Å². The van der Waals surface area contributed by atoms with Gasteiger partial charge in [-0.1, -0.05) is 19.1 Å². The molecule has 1 amide bonds. The molecule has 1 aliphatic heterocycles. The van der Waals surface area contributed by atoms with Gasteiger partial charge in [-0.25, -0.2) is 0 Å². The Hall–Kier alpha value is -2.24. The van der Waals surface area contributed by atoms with Gasteiger partial charge in [0, 0.05) is 26.1 Å². The molecule has 2 aromatic rings. The number of aryl methyl sites for hydroxylation is 1. The summed E-state index contributed by atoms with van der Waals surface area (Å²) in [5, 5.41) is 9.77. The van der Waals surface area contributed by atoms with Crippen molar-refractivity contribution in [2.75, 3.05) is 32.8 Å². The van der Waals surface area contributed by atoms with Crippen molar-refractivity contribution in [1.29, 1.82) is 0 Å². The van der Waals surface area contributed by atoms with Crippen molar-refractivity contribution in [3.05, 3.63) is 46.0 Å². The van der Waals surface area contributed by atoms with Crippen LogP contribution < -0.4 is 5.32 Å². The highest BCUT2D eigenvalue weighted by atomic mass is 32.1. The van der Waals surface area contributed by atoms with Gasteiger partial charge >= 0.3 is 6.18 Å². The lowest BCUT2D eigenvalue weighted by Gasteiger charge is -2.35. The molecule has 1 saturated heterocycles. The lowest BCUT2D eigenvalue weighted by Crippen LogP contribution is -2.44. The summed E-state index contributed by atoms with van der Waals surface area (Å²) in [7, 11) is 0. The van der Waals surface area contributed by atoms with E-state index in [1.165, 1.54) is 12.1 Å². The molecule has 1 aliphatic rings. The molecule has 1 aromatic carbocycles. The number of rotatable bonds is 8. The van der Waals surface area contributed by atoms with Crippen LogP contribution in [0.1, 0.15) is 36.3 Å². The number of hydrogen-bond acceptors (Lipinski definition) is 5. The van der Waals surface area contributed by atoms with E-state index in [-0.39, 0.29) is 25.0 Å². The SMILES string of the molecule is CCCc1n[nH]c(=S)n1CC(=O)NC[C@@H](c1ccc(C(F)(F)F)cc1)N1CCOCC1. The normalized spacial score (nSPS) is 16.3. The molecule has 170 valence electrons. The van der Waals surface area contributed by atoms with E-state index in [0.717, 1.165) is 24.4 Å². The Morgan fingerprint density at radius 3 is 2.58 bits per heavy atom. The van der Waals surface area contributed by atoms with Gasteiger partial charge in [0.2, 0.25) is 5.91 Å². The molecule has 0 unspecified atom stereocenters. The number of benzene rings is 1. The first kappa shape index (κ1) is 23.4. The fourth-order valence-corrected chi connectivity index (χ4v) is 3.79. The van der Waals surface area contributed by atoms with Gasteiger partial charge < -0.3 is 10.1 Å². The molecule has 1 aromatic heterocycles. The summed E-state index contributed by atoms with van der Waals surface area (Å²) in [6, 6.07) is 4.84. The number of carbonyl (C=O) groups is 1. The van der Waals surface area contributed by atoms with Gasteiger partial charge in [0.05, 0.1) is 24.8 Å². The molecule has 2 N–H and O–H groups in total. The molecule has 1 atom stereocenters. The quantitative estimate of drug-likeness (QED) is 0.596. The van der Waals surface area contributed by atoms with Crippen LogP contribution in [0.2, 0.25) is 0 Å². The van der Waals surface area contributed by atoms with Crippen molar-refractivity contribution in [1.82, 2.24) is 25.0 Å². The highest BCUT2D eigenvalue weighted by Gasteiger charge is 2.31. The number of halogens is 3. The van der Waals surface area contributed by atoms with Crippen LogP contribution in [0.4, 0.5) is 13.2 Å². The van der Waals surface area contributed by atoms with Crippen LogP contribution in [0.5, 0.6) is 0 Å². The van der Waals surface area contributed by atoms with Crippen LogP contribution in [0.3, 0.4) is 0 Å². The molecule has 3 rings (SSSR count). The summed E-state index contributed by atoms with van der Waals surface area (Å²) in [6.45, 7) is 4.65. The Kier molecular flexibility index (Phi) is 7.84. The van der Waals surface area contributed by atoms with Crippen LogP contribution >= 0.6 is 12.2 Å². The molecule has 0 radical (unpaired) electrons. The number of alkyl halides is 3. The van der Waals surface area contributed by atoms with Crippen LogP contribution in [0, 0.1) is 4.77 Å². The number of H-pyrrole nitrogens is 1. The fraction of sp³-hybridized carbons (Fsp3) is 0.550. The van der Waals surface area contributed by atoms with Gasteiger partial charge in [-0.15, -0.1) is 0 Å². The van der Waals surface area contributed by atoms with Gasteiger partial charge in [0.25, 0.3) is 0 Å². The van der Waals surface area contributed by atoms with E-state index in [9.17, 15) is 18.0 Å². The number of hydrogen-bond donors (Lipinski definition) is 2. The number of nitrogens with one attached hydrogen (secondary N) is 2. The molecule has 0 bridgehead atoms. The minimum absolute atomic E-state index is 0.0352. The maximum atomic E-state index is 12.9. The number of nitrogens with zero attached hydrogens (tertiary/aromatic N) is 3. The summed E-state index contributed by atoms with van der Waals surface area (Å²) in [4.78, 5) is 14.7. The van der Waals surface area contributed by atoms with Crippen molar-refractivity contribution in [2.45, 2.75) is 38.5 Å². The number of aromatic amines is 1. The molecule has 2 heterocycles. The van der Waals surface area contributed by atoms with E-state index in [2.05, 4.69) is 20.4 Å². The van der Waals surface area contributed by atoms with Gasteiger partial charge in [0.15, 0.2) is 4.77 Å². The van der Waals surface area contributed by atoms with Gasteiger partial charge in [-0.2, -0.15) is 18.3 Å². The first-order valence-electron chi connectivity index (χ1n) is 10.2. The number of carbonyl (C=O) groups excluding carboxylic acids is 1. The number of aromatic nitrogens is 3. The van der Waals surface area contributed by atoms with E-state index >= 15 is 0 Å². The van der Waals surface area contributed by atoms with Crippen LogP contribution in [0.25, 0.3) is 0 Å². The second-order valence-electron chi connectivity index (χ2n) is 7.37. The van der Waals surface area contributed by atoms with Crippen LogP contribution in [0.15, 0.2) is 24.3 Å². The van der Waals surface area contributed by atoms with Gasteiger partial charge in [-0.05, 0) is 36.3 Å². The van der Waals surface area contributed by atoms with Crippen LogP contribution in [-0.4, -0.2) is 58.4 Å². The molecule has 0 saturated carbocycles. The Labute approximate surface area is 183 Å². The minimum Gasteiger partial charge on any atom is -0.379 e. The maximum absolute atomic E-state index is 12.9. The Balaban J connectivity index is 1.71. The van der Waals surface area contributed by atoms with Crippen molar-refractivity contribution >= 4 is 18.1 Å². The molecule has 11 heteroatoms. The minimum atomic E-state index is -4.39. The summed E-state index contributed by atoms with van der Waals surface area (Å²) in [5.74, 6) is 0.482. The van der Waals surface area contributed by atoms with E-state index in [1.807, 2.05) is 6.92 Å². The molecular weight excluding hydrogens is 431 g/mol. The number of amides is 1. The Morgan fingerprint density at radius 2 is 1.97 bits per heavy atom. The third-order valence-electron chi connectivity index (χ3n) is 5.21. The maximum Gasteiger partial charge on any atom is 0.416 e. The van der Waals surface area contributed by atoms with Crippen LogP contribution in [-0.2, 0) is 28.7 Å². The summed E-state index contributed by atoms with van der Waals surface area (Å²) >= 11 is 5.21. The first-order valence-corrected chi connectivity index (χ1v) is 10.6. The molecule has 0 spiro atoms. The highest BCUT2D eigenvalue weighted by Crippen LogP contribution is 2.31. The zero-order valence-electron chi connectivity index (χ0n) is 17.2. The zero-order chi connectivity index (χ0) is 22.4. The molecular formula is C20H26F3N5O2S. The van der Waals surface area contributed by atoms with Crippen molar-refractivity contribution in [3.8, 4) is 0 Å². The molecule has 0 aliphatic carbocycles. The topological polar surface area (TPSA) is 75.2 Å². The van der Waals surface area contributed by atoms with Crippen molar-refractivity contribution < 1.29 is 22.7 Å². The number of morpholine rings is 1. The predicted molar refractivity (Wildman–Crippen MR) is 111 cm³/mol. The zero-order valence-corrected chi connectivity index (χ0v) is 18.1. The lowest BCUT2D eigenvalue weighted by atomic mass is 10.0. The van der Waals surface area contributed by atoms with Gasteiger partial charge in [0.1, 0.15) is 12.4 Å². The smallest absolute Gasteiger partial charge is 0.379 e. The van der Waals surface area contributed by atoms with E-state index < -0.39 is 11.7 Å². The van der Waals surface area contributed by atoms with Crippen molar-refractivity contribution in [3.63, 3.8) is 0 Å². The molecule has 1 fully saturated rings. The van der Waals surface area contributed by atoms with Gasteiger partial charge in [-0.3, -0.25) is 19.4 Å². The summed E-state index contributed by atoms with van der Waals surface area (Å²) in [6.07, 6.45) is -2.82. The third-order valence-corrected chi connectivity index (χ3v) is 5.53. The van der Waals surface area contributed by atoms with E-state index in [4.69, 9.17) is 17.0 Å². The first-order chi connectivity index (χ1) is 14.8. The average Bonchev–Trinajstić information content (AvgIpc) is 3.08. The standard InChI is InChI=1S/C20H26F3N5O2S/c1-2-3-17-25-26-19(31)28(17)13-18(29)24-12-16(27-8-10-30-11-9-27)14-4-6-15(7-5-14)20(21,22)23/h4-7,16H,2-3,8-13H2,1H3,(H,24,29)(H,26,31)/t16-/m0/s1. The lowest BCUT2D eigenvalue weighted by molar-refractivity contribution is -0.137. The second kappa shape index (κ2) is 10.4. The largest absolute Gasteiger partial charge is 0.416 e. The molecule has 31 heavy (non-hydrogen) atoms. The Morgan fingerprint density at radius 1 is 1.29 bits per heavy atom. The Bertz CT molecular complexity index is 920. The fourth-order valence-electron chi connectivity index (χ4n) is 3.58. The summed E-state index contributed by atoms with van der Waals surface area (Å²) < 4.78 is 46.2. The highest BCUT2D eigenvalue weighted by molar-refractivity contribution is 7.71. The monoisotopic (exact) mass is 457 g/mol. The summed E-state index contributed by atoms with van der Waals surface area (Å²) in [5.41, 5.74) is 0.0144. The average molecular weight is 458 g/mol. The molecule has 7 nitrogen and oxygen atoms in total. The van der Waals surface area contributed by atoms with E-state index in [0.29, 0.717) is 43.1 Å². The second-order valence-corrected chi connectivity index (χ2v) is 7.76.